The molecule has 2 atom stereocenters. The van der Waals surface area contributed by atoms with Crippen LogP contribution in [-0.2, 0) is 10.0 Å². The van der Waals surface area contributed by atoms with Crippen molar-refractivity contribution in [1.82, 2.24) is 4.31 Å². The fourth-order valence-electron chi connectivity index (χ4n) is 3.01. The standard InChI is InChI=1S/C13H23NO3S/c1-18(16,17)14-7-3-5-12(10-14)8-11-4-2-6-13(15)9-11/h9,12-13,15H,2-8,10H2,1H3. The molecule has 1 heterocycles. The zero-order valence-electron chi connectivity index (χ0n) is 11.0. The van der Waals surface area contributed by atoms with Crippen molar-refractivity contribution in [2.75, 3.05) is 19.3 Å². The zero-order valence-corrected chi connectivity index (χ0v) is 11.8. The third-order valence-electron chi connectivity index (χ3n) is 3.93. The van der Waals surface area contributed by atoms with E-state index < -0.39 is 10.0 Å². The molecule has 0 aromatic heterocycles. The van der Waals surface area contributed by atoms with Crippen LogP contribution in [0, 0.1) is 5.92 Å². The van der Waals surface area contributed by atoms with Crippen molar-refractivity contribution in [3.05, 3.63) is 11.6 Å². The third-order valence-corrected chi connectivity index (χ3v) is 5.20. The maximum absolute atomic E-state index is 11.5. The summed E-state index contributed by atoms with van der Waals surface area (Å²) < 4.78 is 24.7. The molecule has 0 aromatic rings. The Morgan fingerprint density at radius 3 is 2.83 bits per heavy atom. The monoisotopic (exact) mass is 273 g/mol. The lowest BCUT2D eigenvalue weighted by Crippen LogP contribution is -2.39. The maximum atomic E-state index is 11.5. The summed E-state index contributed by atoms with van der Waals surface area (Å²) in [5, 5.41) is 9.61. The number of hydrogen-bond donors (Lipinski definition) is 1. The van der Waals surface area contributed by atoms with E-state index in [4.69, 9.17) is 0 Å². The summed E-state index contributed by atoms with van der Waals surface area (Å²) in [7, 11) is -3.05. The molecule has 1 aliphatic carbocycles. The number of hydrogen-bond acceptors (Lipinski definition) is 3. The largest absolute Gasteiger partial charge is 0.389 e. The molecule has 0 amide bonds. The smallest absolute Gasteiger partial charge is 0.211 e. The molecule has 1 aliphatic heterocycles. The summed E-state index contributed by atoms with van der Waals surface area (Å²) in [5.74, 6) is 0.421. The van der Waals surface area contributed by atoms with Gasteiger partial charge in [0.15, 0.2) is 0 Å². The Labute approximate surface area is 110 Å². The van der Waals surface area contributed by atoms with Gasteiger partial charge in [0.2, 0.25) is 10.0 Å². The minimum atomic E-state index is -3.05. The first-order chi connectivity index (χ1) is 8.45. The van der Waals surface area contributed by atoms with E-state index in [0.29, 0.717) is 19.0 Å². The van der Waals surface area contributed by atoms with E-state index in [1.54, 1.807) is 4.31 Å². The molecule has 4 nitrogen and oxygen atoms in total. The number of nitrogens with zero attached hydrogens (tertiary/aromatic N) is 1. The summed E-state index contributed by atoms with van der Waals surface area (Å²) >= 11 is 0. The molecule has 0 aromatic carbocycles. The Morgan fingerprint density at radius 2 is 2.17 bits per heavy atom. The lowest BCUT2D eigenvalue weighted by molar-refractivity contribution is 0.198. The number of rotatable bonds is 3. The second-order valence-electron chi connectivity index (χ2n) is 5.62. The highest BCUT2D eigenvalue weighted by molar-refractivity contribution is 7.88. The van der Waals surface area contributed by atoms with Crippen LogP contribution in [-0.4, -0.2) is 43.3 Å². The number of piperidine rings is 1. The first kappa shape index (κ1) is 14.0. The van der Waals surface area contributed by atoms with Gasteiger partial charge in [0.1, 0.15) is 0 Å². The van der Waals surface area contributed by atoms with E-state index >= 15 is 0 Å². The van der Waals surface area contributed by atoms with Gasteiger partial charge in [-0.25, -0.2) is 12.7 Å². The van der Waals surface area contributed by atoms with Crippen LogP contribution in [0.3, 0.4) is 0 Å². The SMILES string of the molecule is CS(=O)(=O)N1CCCC(CC2=CC(O)CCC2)C1. The van der Waals surface area contributed by atoms with Gasteiger partial charge in [-0.1, -0.05) is 11.6 Å². The summed E-state index contributed by atoms with van der Waals surface area (Å²) in [4.78, 5) is 0. The quantitative estimate of drug-likeness (QED) is 0.793. The summed E-state index contributed by atoms with van der Waals surface area (Å²) in [6.45, 7) is 1.31. The Kier molecular flexibility index (Phi) is 4.45. The van der Waals surface area contributed by atoms with Crippen molar-refractivity contribution in [3.8, 4) is 0 Å². The topological polar surface area (TPSA) is 57.6 Å². The number of aliphatic hydroxyl groups excluding tert-OH is 1. The molecule has 0 radical (unpaired) electrons. The lowest BCUT2D eigenvalue weighted by Gasteiger charge is -2.32. The van der Waals surface area contributed by atoms with Gasteiger partial charge in [-0.2, -0.15) is 0 Å². The zero-order chi connectivity index (χ0) is 13.2. The van der Waals surface area contributed by atoms with E-state index in [-0.39, 0.29) is 6.10 Å². The van der Waals surface area contributed by atoms with Gasteiger partial charge >= 0.3 is 0 Å². The first-order valence-electron chi connectivity index (χ1n) is 6.78. The highest BCUT2D eigenvalue weighted by atomic mass is 32.2. The average molecular weight is 273 g/mol. The maximum Gasteiger partial charge on any atom is 0.211 e. The minimum absolute atomic E-state index is 0.289. The second kappa shape index (κ2) is 5.72. The molecule has 2 aliphatic rings. The van der Waals surface area contributed by atoms with E-state index in [1.165, 1.54) is 11.8 Å². The molecule has 1 saturated heterocycles. The van der Waals surface area contributed by atoms with E-state index in [2.05, 4.69) is 0 Å². The Morgan fingerprint density at radius 1 is 1.39 bits per heavy atom. The van der Waals surface area contributed by atoms with Crippen molar-refractivity contribution in [1.29, 1.82) is 0 Å². The number of aliphatic hydroxyl groups is 1. The summed E-state index contributed by atoms with van der Waals surface area (Å²) in [5.41, 5.74) is 1.31. The van der Waals surface area contributed by atoms with Crippen LogP contribution >= 0.6 is 0 Å². The predicted molar refractivity (Wildman–Crippen MR) is 71.7 cm³/mol. The lowest BCUT2D eigenvalue weighted by atomic mass is 9.87. The highest BCUT2D eigenvalue weighted by Crippen LogP contribution is 2.29. The number of sulfonamides is 1. The molecule has 5 heteroatoms. The van der Waals surface area contributed by atoms with Crippen LogP contribution in [0.5, 0.6) is 0 Å². The third kappa shape index (κ3) is 3.80. The van der Waals surface area contributed by atoms with Gasteiger partial charge in [0.05, 0.1) is 12.4 Å². The first-order valence-corrected chi connectivity index (χ1v) is 8.63. The van der Waals surface area contributed by atoms with Crippen LogP contribution < -0.4 is 0 Å². The molecule has 2 rings (SSSR count). The van der Waals surface area contributed by atoms with Crippen molar-refractivity contribution in [2.45, 2.75) is 44.6 Å². The van der Waals surface area contributed by atoms with Crippen LogP contribution in [0.4, 0.5) is 0 Å². The normalized spacial score (nSPS) is 31.1. The fraction of sp³-hybridized carbons (Fsp3) is 0.846. The van der Waals surface area contributed by atoms with Gasteiger partial charge in [-0.3, -0.25) is 0 Å². The van der Waals surface area contributed by atoms with Gasteiger partial charge < -0.3 is 5.11 Å². The van der Waals surface area contributed by atoms with Gasteiger partial charge in [-0.05, 0) is 44.4 Å². The Balaban J connectivity index is 1.94. The molecule has 0 bridgehead atoms. The van der Waals surface area contributed by atoms with Crippen LogP contribution in [0.1, 0.15) is 38.5 Å². The van der Waals surface area contributed by atoms with Gasteiger partial charge in [-0.15, -0.1) is 0 Å². The summed E-state index contributed by atoms with van der Waals surface area (Å²) in [6.07, 6.45) is 8.95. The molecular weight excluding hydrogens is 250 g/mol. The minimum Gasteiger partial charge on any atom is -0.389 e. The molecule has 1 fully saturated rings. The van der Waals surface area contributed by atoms with Crippen molar-refractivity contribution < 1.29 is 13.5 Å². The van der Waals surface area contributed by atoms with Crippen molar-refractivity contribution in [3.63, 3.8) is 0 Å². The van der Waals surface area contributed by atoms with Gasteiger partial charge in [0.25, 0.3) is 0 Å². The van der Waals surface area contributed by atoms with Crippen LogP contribution in [0.2, 0.25) is 0 Å². The molecule has 18 heavy (non-hydrogen) atoms. The van der Waals surface area contributed by atoms with E-state index in [0.717, 1.165) is 38.5 Å². The van der Waals surface area contributed by atoms with Crippen LogP contribution in [0.25, 0.3) is 0 Å². The average Bonchev–Trinajstić information content (AvgIpc) is 2.28. The molecular formula is C13H23NO3S. The molecule has 0 spiro atoms. The Hall–Kier alpha value is -0.390. The predicted octanol–water partition coefficient (Wildman–Crippen LogP) is 1.52. The van der Waals surface area contributed by atoms with Crippen molar-refractivity contribution in [2.24, 2.45) is 5.92 Å². The van der Waals surface area contributed by atoms with Crippen molar-refractivity contribution >= 4 is 10.0 Å². The molecule has 1 N–H and O–H groups in total. The molecule has 2 unspecified atom stereocenters. The fourth-order valence-corrected chi connectivity index (χ4v) is 3.95. The van der Waals surface area contributed by atoms with Gasteiger partial charge in [0, 0.05) is 13.1 Å². The second-order valence-corrected chi connectivity index (χ2v) is 7.60. The molecule has 0 saturated carbocycles. The highest BCUT2D eigenvalue weighted by Gasteiger charge is 2.26. The summed E-state index contributed by atoms with van der Waals surface area (Å²) in [6, 6.07) is 0. The number of allylic oxidation sites excluding steroid dienone is 1. The van der Waals surface area contributed by atoms with E-state index in [9.17, 15) is 13.5 Å². The van der Waals surface area contributed by atoms with Crippen LogP contribution in [0.15, 0.2) is 11.6 Å². The molecule has 104 valence electrons. The Bertz CT molecular complexity index is 416. The van der Waals surface area contributed by atoms with E-state index in [1.807, 2.05) is 6.08 Å².